The molecular formula is C10H15N. The molecule has 0 amide bonds. The summed E-state index contributed by atoms with van der Waals surface area (Å²) in [7, 11) is 2.18. The second-order valence-electron chi connectivity index (χ2n) is 3.82. The summed E-state index contributed by atoms with van der Waals surface area (Å²) < 4.78 is 2.35. The first-order valence-corrected chi connectivity index (χ1v) is 4.29. The molecule has 1 heteroatoms. The lowest BCUT2D eigenvalue weighted by atomic mass is 10.1. The van der Waals surface area contributed by atoms with Crippen molar-refractivity contribution in [3.8, 4) is 0 Å². The third-order valence-electron chi connectivity index (χ3n) is 2.75. The summed E-state index contributed by atoms with van der Waals surface area (Å²) in [5.41, 5.74) is 6.26. The molecule has 0 spiro atoms. The molecule has 2 rings (SSSR count). The van der Waals surface area contributed by atoms with E-state index in [0.29, 0.717) is 5.92 Å². The average Bonchev–Trinajstić information content (AvgIpc) is 2.61. The molecule has 1 nitrogen and oxygen atoms in total. The molecular weight excluding hydrogens is 134 g/mol. The quantitative estimate of drug-likeness (QED) is 0.586. The summed E-state index contributed by atoms with van der Waals surface area (Å²) in [6.07, 6.45) is 1.27. The predicted octanol–water partition coefficient (Wildman–Crippen LogP) is 2.36. The molecule has 11 heavy (non-hydrogen) atoms. The van der Waals surface area contributed by atoms with Crippen molar-refractivity contribution in [1.82, 2.24) is 4.57 Å². The summed E-state index contributed by atoms with van der Waals surface area (Å²) in [6, 6.07) is 0. The minimum absolute atomic E-state index is 0.685. The summed E-state index contributed by atoms with van der Waals surface area (Å²) in [5, 5.41) is 0. The minimum Gasteiger partial charge on any atom is -0.351 e. The third-order valence-corrected chi connectivity index (χ3v) is 2.75. The topological polar surface area (TPSA) is 4.93 Å². The van der Waals surface area contributed by atoms with E-state index >= 15 is 0 Å². The lowest BCUT2D eigenvalue weighted by molar-refractivity contribution is 0.714. The van der Waals surface area contributed by atoms with E-state index < -0.39 is 0 Å². The maximum atomic E-state index is 2.35. The van der Waals surface area contributed by atoms with E-state index in [0.717, 1.165) is 0 Å². The van der Waals surface area contributed by atoms with E-state index in [1.165, 1.54) is 12.1 Å². The molecule has 0 saturated heterocycles. The van der Waals surface area contributed by atoms with Crippen molar-refractivity contribution in [3.63, 3.8) is 0 Å². The fourth-order valence-electron chi connectivity index (χ4n) is 2.05. The second kappa shape index (κ2) is 1.90. The monoisotopic (exact) mass is 149 g/mol. The molecule has 0 unspecified atom stereocenters. The lowest BCUT2D eigenvalue weighted by Crippen LogP contribution is -2.02. The van der Waals surface area contributed by atoms with Crippen molar-refractivity contribution in [3.05, 3.63) is 22.5 Å². The van der Waals surface area contributed by atoms with E-state index in [9.17, 15) is 0 Å². The van der Waals surface area contributed by atoms with Gasteiger partial charge in [0.1, 0.15) is 0 Å². The van der Waals surface area contributed by atoms with Crippen LogP contribution in [0.2, 0.25) is 0 Å². The first-order valence-electron chi connectivity index (χ1n) is 4.29. The van der Waals surface area contributed by atoms with Crippen LogP contribution in [0.3, 0.4) is 0 Å². The van der Waals surface area contributed by atoms with Gasteiger partial charge in [0.15, 0.2) is 0 Å². The first kappa shape index (κ1) is 6.96. The Bertz CT molecular complexity index is 305. The molecule has 0 aliphatic heterocycles. The molecule has 1 aliphatic carbocycles. The number of hydrogen-bond acceptors (Lipinski definition) is 0. The molecule has 0 N–H and O–H groups in total. The van der Waals surface area contributed by atoms with Crippen molar-refractivity contribution < 1.29 is 0 Å². The molecule has 1 heterocycles. The Morgan fingerprint density at radius 3 is 2.18 bits per heavy atom. The Morgan fingerprint density at radius 1 is 1.27 bits per heavy atom. The lowest BCUT2D eigenvalue weighted by Gasteiger charge is -2.10. The number of aromatic nitrogens is 1. The molecule has 0 radical (unpaired) electrons. The zero-order chi connectivity index (χ0) is 8.17. The highest BCUT2D eigenvalue weighted by Crippen LogP contribution is 2.39. The fraction of sp³-hybridized carbons (Fsp3) is 0.600. The van der Waals surface area contributed by atoms with Gasteiger partial charge in [-0.25, -0.2) is 0 Å². The summed E-state index contributed by atoms with van der Waals surface area (Å²) >= 11 is 0. The van der Waals surface area contributed by atoms with Gasteiger partial charge in [-0.2, -0.15) is 0 Å². The van der Waals surface area contributed by atoms with Gasteiger partial charge in [-0.15, -0.1) is 0 Å². The molecule has 0 fully saturated rings. The van der Waals surface area contributed by atoms with Crippen molar-refractivity contribution in [2.75, 3.05) is 0 Å². The maximum absolute atomic E-state index is 2.35. The Morgan fingerprint density at radius 2 is 1.91 bits per heavy atom. The number of hydrogen-bond donors (Lipinski definition) is 0. The van der Waals surface area contributed by atoms with Gasteiger partial charge in [-0.1, -0.05) is 13.8 Å². The van der Waals surface area contributed by atoms with Crippen molar-refractivity contribution >= 4 is 0 Å². The zero-order valence-electron chi connectivity index (χ0n) is 7.73. The Hall–Kier alpha value is -0.720. The van der Waals surface area contributed by atoms with Gasteiger partial charge in [0, 0.05) is 24.9 Å². The van der Waals surface area contributed by atoms with Gasteiger partial charge in [0.25, 0.3) is 0 Å². The Balaban J connectivity index is 2.57. The van der Waals surface area contributed by atoms with Gasteiger partial charge >= 0.3 is 0 Å². The van der Waals surface area contributed by atoms with Crippen LogP contribution in [0.5, 0.6) is 0 Å². The molecule has 0 bridgehead atoms. The highest BCUT2D eigenvalue weighted by molar-refractivity contribution is 5.54. The smallest absolute Gasteiger partial charge is 0.0238 e. The van der Waals surface area contributed by atoms with Crippen LogP contribution in [0.25, 0.3) is 0 Å². The standard InChI is InChI=1S/C10H15N/c1-6(2)10-9-5-8(9)7(3)11(10)4/h6H,5H2,1-4H3. The third kappa shape index (κ3) is 0.770. The summed E-state index contributed by atoms with van der Waals surface area (Å²) in [6.45, 7) is 6.76. The van der Waals surface area contributed by atoms with Crippen LogP contribution in [-0.4, -0.2) is 4.57 Å². The number of nitrogens with zero attached hydrogens (tertiary/aromatic N) is 1. The summed E-state index contributed by atoms with van der Waals surface area (Å²) in [5.74, 6) is 0.685. The van der Waals surface area contributed by atoms with E-state index in [-0.39, 0.29) is 0 Å². The van der Waals surface area contributed by atoms with Crippen LogP contribution in [-0.2, 0) is 13.5 Å². The van der Waals surface area contributed by atoms with E-state index in [1.807, 2.05) is 0 Å². The molecule has 0 aromatic carbocycles. The first-order chi connectivity index (χ1) is 5.13. The van der Waals surface area contributed by atoms with Gasteiger partial charge in [0.05, 0.1) is 0 Å². The normalized spacial score (nSPS) is 13.9. The van der Waals surface area contributed by atoms with E-state index in [1.54, 1.807) is 16.8 Å². The molecule has 60 valence electrons. The van der Waals surface area contributed by atoms with Crippen molar-refractivity contribution in [2.24, 2.45) is 7.05 Å². The highest BCUT2D eigenvalue weighted by Gasteiger charge is 2.29. The highest BCUT2D eigenvalue weighted by atomic mass is 15.0. The molecule has 1 aliphatic rings. The van der Waals surface area contributed by atoms with Gasteiger partial charge < -0.3 is 4.57 Å². The van der Waals surface area contributed by atoms with Gasteiger partial charge in [0.2, 0.25) is 0 Å². The maximum Gasteiger partial charge on any atom is 0.0238 e. The Kier molecular flexibility index (Phi) is 1.20. The molecule has 0 atom stereocenters. The summed E-state index contributed by atoms with van der Waals surface area (Å²) in [4.78, 5) is 0. The second-order valence-corrected chi connectivity index (χ2v) is 3.82. The van der Waals surface area contributed by atoms with Crippen LogP contribution in [0.4, 0.5) is 0 Å². The van der Waals surface area contributed by atoms with Crippen LogP contribution >= 0.6 is 0 Å². The van der Waals surface area contributed by atoms with Crippen LogP contribution in [0.15, 0.2) is 0 Å². The largest absolute Gasteiger partial charge is 0.351 e. The van der Waals surface area contributed by atoms with Crippen molar-refractivity contribution in [2.45, 2.75) is 33.1 Å². The SMILES string of the molecule is Cc1c2c(c(C(C)C)n1C)C2. The van der Waals surface area contributed by atoms with Crippen LogP contribution in [0, 0.1) is 6.92 Å². The van der Waals surface area contributed by atoms with Crippen molar-refractivity contribution in [1.29, 1.82) is 0 Å². The molecule has 1 aromatic rings. The van der Waals surface area contributed by atoms with Gasteiger partial charge in [-0.3, -0.25) is 0 Å². The van der Waals surface area contributed by atoms with Gasteiger partial charge in [-0.05, 0) is 24.0 Å². The van der Waals surface area contributed by atoms with E-state index in [2.05, 4.69) is 32.4 Å². The number of rotatable bonds is 1. The van der Waals surface area contributed by atoms with Crippen LogP contribution in [0.1, 0.15) is 42.3 Å². The number of fused-ring (bicyclic) bond motifs is 1. The predicted molar refractivity (Wildman–Crippen MR) is 47.0 cm³/mol. The minimum atomic E-state index is 0.685. The van der Waals surface area contributed by atoms with Crippen LogP contribution < -0.4 is 0 Å². The van der Waals surface area contributed by atoms with E-state index in [4.69, 9.17) is 0 Å². The average molecular weight is 149 g/mol. The Labute approximate surface area is 68.0 Å². The molecule has 0 saturated carbocycles. The molecule has 1 aromatic heterocycles. The fourth-order valence-corrected chi connectivity index (χ4v) is 2.05. The zero-order valence-corrected chi connectivity index (χ0v) is 7.73.